The maximum absolute atomic E-state index is 5.63. The summed E-state index contributed by atoms with van der Waals surface area (Å²) in [4.78, 5) is 0. The molecule has 0 aromatic carbocycles. The summed E-state index contributed by atoms with van der Waals surface area (Å²) in [5.74, 6) is 0. The van der Waals surface area contributed by atoms with Gasteiger partial charge in [-0.15, -0.1) is 0 Å². The van der Waals surface area contributed by atoms with Gasteiger partial charge in [0.1, 0.15) is 0 Å². The monoisotopic (exact) mass is 181 g/mol. The van der Waals surface area contributed by atoms with E-state index in [4.69, 9.17) is 34.8 Å². The molecule has 0 unspecified atom stereocenters. The summed E-state index contributed by atoms with van der Waals surface area (Å²) in [6.45, 7) is 0. The number of halogens is 3. The Morgan fingerprint density at radius 3 is 2.22 bits per heavy atom. The van der Waals surface area contributed by atoms with E-state index >= 15 is 0 Å². The van der Waals surface area contributed by atoms with Gasteiger partial charge in [0, 0.05) is 16.5 Å². The van der Waals surface area contributed by atoms with Crippen molar-refractivity contribution in [3.8, 4) is 0 Å². The smallest absolute Gasteiger partial charge is 0.0565 e. The predicted octanol–water partition coefficient (Wildman–Crippen LogP) is 3.41. The third kappa shape index (κ3) is 1.89. The molecule has 0 bridgehead atoms. The molecule has 0 fully saturated rings. The number of hydrogen-bond donors (Lipinski definition) is 0. The highest BCUT2D eigenvalue weighted by molar-refractivity contribution is 6.42. The van der Waals surface area contributed by atoms with Gasteiger partial charge in [-0.1, -0.05) is 34.8 Å². The average Bonchev–Trinajstić information content (AvgIpc) is 1.80. The summed E-state index contributed by atoms with van der Waals surface area (Å²) in [6, 6.07) is 0. The molecule has 1 radical (unpaired) electrons. The maximum atomic E-state index is 5.63. The summed E-state index contributed by atoms with van der Waals surface area (Å²) in [7, 11) is 0. The van der Waals surface area contributed by atoms with Crippen LogP contribution in [0.15, 0.2) is 21.2 Å². The Hall–Kier alpha value is 0.350. The van der Waals surface area contributed by atoms with Crippen molar-refractivity contribution in [3.63, 3.8) is 0 Å². The molecule has 49 valence electrons. The Morgan fingerprint density at radius 1 is 1.11 bits per heavy atom. The molecular formula is C6H4Cl3. The first kappa shape index (κ1) is 7.46. The standard InChI is InChI=1S/C6H4Cl3/c7-4-1-2-5(8)6(9)3-4/h2-3H,1H2. The molecule has 0 atom stereocenters. The SMILES string of the molecule is ClC1=CC(Cl)=C(Cl)[CH]C1. The zero-order chi connectivity index (χ0) is 6.85. The minimum Gasteiger partial charge on any atom is -0.0891 e. The first-order valence-corrected chi connectivity index (χ1v) is 3.58. The van der Waals surface area contributed by atoms with Gasteiger partial charge in [-0.25, -0.2) is 0 Å². The van der Waals surface area contributed by atoms with Crippen LogP contribution in [0.3, 0.4) is 0 Å². The van der Waals surface area contributed by atoms with Crippen molar-refractivity contribution in [2.45, 2.75) is 6.42 Å². The van der Waals surface area contributed by atoms with Gasteiger partial charge >= 0.3 is 0 Å². The highest BCUT2D eigenvalue weighted by Crippen LogP contribution is 2.29. The average molecular weight is 182 g/mol. The van der Waals surface area contributed by atoms with Crippen molar-refractivity contribution >= 4 is 34.8 Å². The van der Waals surface area contributed by atoms with Crippen molar-refractivity contribution < 1.29 is 0 Å². The second-order valence-electron chi connectivity index (χ2n) is 1.70. The number of hydrogen-bond acceptors (Lipinski definition) is 0. The van der Waals surface area contributed by atoms with E-state index in [1.54, 1.807) is 12.5 Å². The van der Waals surface area contributed by atoms with Crippen LogP contribution in [0.2, 0.25) is 0 Å². The van der Waals surface area contributed by atoms with Crippen molar-refractivity contribution in [1.82, 2.24) is 0 Å². The van der Waals surface area contributed by atoms with E-state index in [-0.39, 0.29) is 0 Å². The third-order valence-electron chi connectivity index (χ3n) is 0.988. The van der Waals surface area contributed by atoms with Crippen molar-refractivity contribution in [2.75, 3.05) is 0 Å². The summed E-state index contributed by atoms with van der Waals surface area (Å²) >= 11 is 16.9. The fourth-order valence-corrected chi connectivity index (χ4v) is 1.13. The van der Waals surface area contributed by atoms with Gasteiger partial charge in [0.2, 0.25) is 0 Å². The van der Waals surface area contributed by atoms with Crippen LogP contribution in [0.1, 0.15) is 6.42 Å². The zero-order valence-corrected chi connectivity index (χ0v) is 6.76. The van der Waals surface area contributed by atoms with Crippen LogP contribution in [0, 0.1) is 6.42 Å². The van der Waals surface area contributed by atoms with E-state index in [2.05, 4.69) is 0 Å². The highest BCUT2D eigenvalue weighted by Gasteiger charge is 2.07. The normalized spacial score (nSPS) is 20.1. The van der Waals surface area contributed by atoms with E-state index in [1.807, 2.05) is 0 Å². The number of rotatable bonds is 0. The van der Waals surface area contributed by atoms with E-state index in [0.29, 0.717) is 16.5 Å². The fraction of sp³-hybridized carbons (Fsp3) is 0.167. The van der Waals surface area contributed by atoms with Crippen LogP contribution >= 0.6 is 34.8 Å². The largest absolute Gasteiger partial charge is 0.0891 e. The van der Waals surface area contributed by atoms with Crippen LogP contribution in [-0.2, 0) is 0 Å². The van der Waals surface area contributed by atoms with E-state index in [1.165, 1.54) is 0 Å². The highest BCUT2D eigenvalue weighted by atomic mass is 35.5. The maximum Gasteiger partial charge on any atom is 0.0565 e. The van der Waals surface area contributed by atoms with Crippen molar-refractivity contribution in [1.29, 1.82) is 0 Å². The quantitative estimate of drug-likeness (QED) is 0.539. The molecule has 0 saturated carbocycles. The van der Waals surface area contributed by atoms with E-state index in [0.717, 1.165) is 5.03 Å². The van der Waals surface area contributed by atoms with Crippen LogP contribution in [-0.4, -0.2) is 0 Å². The van der Waals surface area contributed by atoms with E-state index < -0.39 is 0 Å². The molecule has 0 aromatic rings. The van der Waals surface area contributed by atoms with Crippen LogP contribution in [0.25, 0.3) is 0 Å². The molecule has 9 heavy (non-hydrogen) atoms. The summed E-state index contributed by atoms with van der Waals surface area (Å²) in [5.41, 5.74) is 0. The summed E-state index contributed by atoms with van der Waals surface area (Å²) < 4.78 is 0. The molecule has 0 aliphatic heterocycles. The predicted molar refractivity (Wildman–Crippen MR) is 41.6 cm³/mol. The Morgan fingerprint density at radius 2 is 1.78 bits per heavy atom. The summed E-state index contributed by atoms with van der Waals surface area (Å²) in [5, 5.41) is 1.83. The van der Waals surface area contributed by atoms with Gasteiger partial charge in [0.05, 0.1) is 5.03 Å². The summed E-state index contributed by atoms with van der Waals surface area (Å²) in [6.07, 6.45) is 4.13. The second-order valence-corrected chi connectivity index (χ2v) is 3.00. The molecule has 0 saturated heterocycles. The molecule has 0 heterocycles. The fourth-order valence-electron chi connectivity index (χ4n) is 0.550. The van der Waals surface area contributed by atoms with Gasteiger partial charge < -0.3 is 0 Å². The molecule has 0 N–H and O–H groups in total. The Labute approximate surface area is 69.1 Å². The lowest BCUT2D eigenvalue weighted by molar-refractivity contribution is 1.21. The third-order valence-corrected chi connectivity index (χ3v) is 2.02. The van der Waals surface area contributed by atoms with E-state index in [9.17, 15) is 0 Å². The molecule has 0 spiro atoms. The number of allylic oxidation sites excluding steroid dienone is 4. The molecular weight excluding hydrogens is 178 g/mol. The van der Waals surface area contributed by atoms with Gasteiger partial charge in [-0.2, -0.15) is 0 Å². The first-order chi connectivity index (χ1) is 4.20. The van der Waals surface area contributed by atoms with Crippen LogP contribution in [0.4, 0.5) is 0 Å². The minimum atomic E-state index is 0.521. The lowest BCUT2D eigenvalue weighted by Crippen LogP contribution is -1.87. The molecule has 0 nitrogen and oxygen atoms in total. The molecule has 0 amide bonds. The Bertz CT molecular complexity index is 179. The van der Waals surface area contributed by atoms with Crippen LogP contribution < -0.4 is 0 Å². The minimum absolute atomic E-state index is 0.521. The second kappa shape index (κ2) is 2.96. The van der Waals surface area contributed by atoms with Gasteiger partial charge in [-0.05, 0) is 12.5 Å². The Balaban J connectivity index is 2.83. The molecule has 1 rings (SSSR count). The first-order valence-electron chi connectivity index (χ1n) is 2.44. The van der Waals surface area contributed by atoms with Gasteiger partial charge in [0.25, 0.3) is 0 Å². The molecule has 3 heteroatoms. The van der Waals surface area contributed by atoms with Crippen molar-refractivity contribution in [2.24, 2.45) is 0 Å². The Kier molecular flexibility index (Phi) is 2.45. The van der Waals surface area contributed by atoms with Gasteiger partial charge in [-0.3, -0.25) is 0 Å². The lowest BCUT2D eigenvalue weighted by Gasteiger charge is -2.05. The molecule has 1 aliphatic rings. The molecule has 1 aliphatic carbocycles. The molecule has 0 aromatic heterocycles. The van der Waals surface area contributed by atoms with Crippen LogP contribution in [0.5, 0.6) is 0 Å². The van der Waals surface area contributed by atoms with Crippen molar-refractivity contribution in [3.05, 3.63) is 27.6 Å². The zero-order valence-electron chi connectivity index (χ0n) is 4.50. The van der Waals surface area contributed by atoms with Gasteiger partial charge in [0.15, 0.2) is 0 Å². The topological polar surface area (TPSA) is 0 Å². The lowest BCUT2D eigenvalue weighted by atomic mass is 10.2.